The van der Waals surface area contributed by atoms with E-state index in [-0.39, 0.29) is 0 Å². The van der Waals surface area contributed by atoms with Gasteiger partial charge in [0, 0.05) is 0 Å². The molecule has 2 aromatic carbocycles. The van der Waals surface area contributed by atoms with E-state index in [1.165, 1.54) is 0 Å². The van der Waals surface area contributed by atoms with E-state index in [9.17, 15) is 48.3 Å². The smallest absolute Gasteiger partial charge is 0.261 e. The van der Waals surface area contributed by atoms with Crippen molar-refractivity contribution in [3.05, 3.63) is 64.3 Å². The topological polar surface area (TPSA) is 22.1 Å². The molecular formula is C15F11NO. The SMILES string of the molecule is Fc1nc(F)c(Oc2c(F)c(F)c3c(F)c(F)c(F)c(F)c3c2F)c(F)c1F. The van der Waals surface area contributed by atoms with E-state index in [1.807, 2.05) is 0 Å². The molecule has 0 amide bonds. The van der Waals surface area contributed by atoms with Gasteiger partial charge in [-0.2, -0.15) is 26.9 Å². The zero-order valence-corrected chi connectivity index (χ0v) is 12.5. The lowest BCUT2D eigenvalue weighted by Crippen LogP contribution is -2.08. The van der Waals surface area contributed by atoms with Gasteiger partial charge in [-0.15, -0.1) is 0 Å². The zero-order chi connectivity index (χ0) is 21.1. The molecule has 0 fully saturated rings. The molecular weight excluding hydrogens is 419 g/mol. The minimum Gasteiger partial charge on any atom is -0.443 e. The van der Waals surface area contributed by atoms with Crippen LogP contribution in [0.15, 0.2) is 0 Å². The maximum absolute atomic E-state index is 14.3. The third-order valence-electron chi connectivity index (χ3n) is 3.46. The van der Waals surface area contributed by atoms with Gasteiger partial charge in [-0.05, 0) is 0 Å². The van der Waals surface area contributed by atoms with Crippen LogP contribution in [0.25, 0.3) is 10.8 Å². The maximum atomic E-state index is 14.3. The van der Waals surface area contributed by atoms with E-state index in [0.29, 0.717) is 0 Å². The third kappa shape index (κ3) is 2.60. The second-order valence-corrected chi connectivity index (χ2v) is 5.03. The molecule has 0 aliphatic rings. The largest absolute Gasteiger partial charge is 0.443 e. The Morgan fingerprint density at radius 3 is 1.36 bits per heavy atom. The number of aromatic nitrogens is 1. The first-order chi connectivity index (χ1) is 13.0. The molecule has 28 heavy (non-hydrogen) atoms. The summed E-state index contributed by atoms with van der Waals surface area (Å²) in [5.41, 5.74) is 0. The average Bonchev–Trinajstić information content (AvgIpc) is 2.65. The Kier molecular flexibility index (Phi) is 4.55. The van der Waals surface area contributed by atoms with Gasteiger partial charge in [0.25, 0.3) is 11.9 Å². The standard InChI is InChI=1S/C15F11NO/c16-3-1-2(4(17)8(21)7(3)20)6(19)12(9(22)5(1)18)28-13-10(23)11(24)14(25)27-15(13)26. The highest BCUT2D eigenvalue weighted by Gasteiger charge is 2.33. The summed E-state index contributed by atoms with van der Waals surface area (Å²) in [4.78, 5) is 2.18. The lowest BCUT2D eigenvalue weighted by Gasteiger charge is -2.14. The highest BCUT2D eigenvalue weighted by Crippen LogP contribution is 2.40. The quantitative estimate of drug-likeness (QED) is 0.235. The van der Waals surface area contributed by atoms with Crippen LogP contribution in [-0.4, -0.2) is 4.98 Å². The predicted molar refractivity (Wildman–Crippen MR) is 67.8 cm³/mol. The van der Waals surface area contributed by atoms with Crippen LogP contribution in [0.4, 0.5) is 48.3 Å². The molecule has 0 bridgehead atoms. The van der Waals surface area contributed by atoms with Crippen molar-refractivity contribution in [3.8, 4) is 11.5 Å². The summed E-state index contributed by atoms with van der Waals surface area (Å²) in [6.07, 6.45) is 0. The summed E-state index contributed by atoms with van der Waals surface area (Å²) >= 11 is 0. The number of rotatable bonds is 2. The predicted octanol–water partition coefficient (Wildman–Crippen LogP) is 5.56. The van der Waals surface area contributed by atoms with Crippen LogP contribution in [0, 0.1) is 64.3 Å². The van der Waals surface area contributed by atoms with Gasteiger partial charge in [0.1, 0.15) is 0 Å². The Hall–Kier alpha value is -3.12. The van der Waals surface area contributed by atoms with Crippen LogP contribution in [0.1, 0.15) is 0 Å². The zero-order valence-electron chi connectivity index (χ0n) is 12.5. The van der Waals surface area contributed by atoms with Gasteiger partial charge in [-0.1, -0.05) is 0 Å². The molecule has 0 N–H and O–H groups in total. The summed E-state index contributed by atoms with van der Waals surface area (Å²) in [5.74, 6) is -31.7. The highest BCUT2D eigenvalue weighted by atomic mass is 19.2. The van der Waals surface area contributed by atoms with Crippen molar-refractivity contribution in [1.82, 2.24) is 4.98 Å². The van der Waals surface area contributed by atoms with Crippen LogP contribution in [0.2, 0.25) is 0 Å². The van der Waals surface area contributed by atoms with Crippen molar-refractivity contribution in [2.24, 2.45) is 0 Å². The van der Waals surface area contributed by atoms with E-state index < -0.39 is 86.5 Å². The molecule has 148 valence electrons. The Balaban J connectivity index is 2.38. The molecule has 0 saturated carbocycles. The number of benzene rings is 2. The van der Waals surface area contributed by atoms with Gasteiger partial charge in [-0.25, -0.2) is 26.3 Å². The summed E-state index contributed by atoms with van der Waals surface area (Å²) in [5, 5.41) is -4.02. The molecule has 0 aliphatic carbocycles. The van der Waals surface area contributed by atoms with Crippen LogP contribution < -0.4 is 4.74 Å². The van der Waals surface area contributed by atoms with E-state index >= 15 is 0 Å². The minimum atomic E-state index is -2.62. The normalized spacial score (nSPS) is 11.4. The first-order valence-corrected chi connectivity index (χ1v) is 6.68. The van der Waals surface area contributed by atoms with Gasteiger partial charge < -0.3 is 4.74 Å². The Bertz CT molecular complexity index is 1160. The molecule has 13 heteroatoms. The molecule has 0 spiro atoms. The molecule has 1 aromatic heterocycles. The summed E-state index contributed by atoms with van der Waals surface area (Å²) in [6, 6.07) is 0. The van der Waals surface area contributed by atoms with Crippen LogP contribution >= 0.6 is 0 Å². The van der Waals surface area contributed by atoms with Gasteiger partial charge in [0.15, 0.2) is 34.9 Å². The minimum absolute atomic E-state index is 2.01. The van der Waals surface area contributed by atoms with Crippen LogP contribution in [-0.2, 0) is 0 Å². The first kappa shape index (κ1) is 19.6. The fraction of sp³-hybridized carbons (Fsp3) is 0. The second kappa shape index (κ2) is 6.49. The number of fused-ring (bicyclic) bond motifs is 1. The Labute approximate surface area is 145 Å². The van der Waals surface area contributed by atoms with Crippen LogP contribution in [0.3, 0.4) is 0 Å². The van der Waals surface area contributed by atoms with Crippen molar-refractivity contribution in [2.75, 3.05) is 0 Å². The summed E-state index contributed by atoms with van der Waals surface area (Å²) < 4.78 is 153. The number of ether oxygens (including phenoxy) is 1. The Morgan fingerprint density at radius 1 is 0.393 bits per heavy atom. The number of pyridine rings is 1. The summed E-state index contributed by atoms with van der Waals surface area (Å²) in [6.45, 7) is 0. The second-order valence-electron chi connectivity index (χ2n) is 5.03. The molecule has 3 rings (SSSR count). The number of hydrogen-bond acceptors (Lipinski definition) is 2. The monoisotopic (exact) mass is 419 g/mol. The molecule has 0 aliphatic heterocycles. The average molecular weight is 419 g/mol. The fourth-order valence-corrected chi connectivity index (χ4v) is 2.21. The van der Waals surface area contributed by atoms with E-state index in [4.69, 9.17) is 0 Å². The van der Waals surface area contributed by atoms with Crippen molar-refractivity contribution >= 4 is 10.8 Å². The molecule has 3 aromatic rings. The lowest BCUT2D eigenvalue weighted by molar-refractivity contribution is 0.321. The number of halogens is 11. The highest BCUT2D eigenvalue weighted by molar-refractivity contribution is 5.87. The molecule has 0 atom stereocenters. The number of hydrogen-bond donors (Lipinski definition) is 0. The lowest BCUT2D eigenvalue weighted by atomic mass is 10.1. The molecule has 0 unspecified atom stereocenters. The van der Waals surface area contributed by atoms with Crippen molar-refractivity contribution in [2.45, 2.75) is 0 Å². The molecule has 0 radical (unpaired) electrons. The Morgan fingerprint density at radius 2 is 0.821 bits per heavy atom. The summed E-state index contributed by atoms with van der Waals surface area (Å²) in [7, 11) is 0. The van der Waals surface area contributed by atoms with Crippen LogP contribution in [0.5, 0.6) is 11.5 Å². The number of nitrogens with zero attached hydrogens (tertiary/aromatic N) is 1. The molecule has 1 heterocycles. The van der Waals surface area contributed by atoms with Gasteiger partial charge in [0.2, 0.25) is 29.0 Å². The van der Waals surface area contributed by atoms with Gasteiger partial charge in [-0.3, -0.25) is 0 Å². The van der Waals surface area contributed by atoms with E-state index in [1.54, 1.807) is 0 Å². The van der Waals surface area contributed by atoms with Gasteiger partial charge in [0.05, 0.1) is 10.8 Å². The van der Waals surface area contributed by atoms with E-state index in [2.05, 4.69) is 9.72 Å². The fourth-order valence-electron chi connectivity index (χ4n) is 2.21. The van der Waals surface area contributed by atoms with E-state index in [0.717, 1.165) is 0 Å². The molecule has 0 saturated heterocycles. The molecule has 2 nitrogen and oxygen atoms in total. The van der Waals surface area contributed by atoms with Crippen molar-refractivity contribution < 1.29 is 53.0 Å². The van der Waals surface area contributed by atoms with Gasteiger partial charge >= 0.3 is 0 Å². The first-order valence-electron chi connectivity index (χ1n) is 6.68. The van der Waals surface area contributed by atoms with Crippen molar-refractivity contribution in [1.29, 1.82) is 0 Å². The van der Waals surface area contributed by atoms with Crippen molar-refractivity contribution in [3.63, 3.8) is 0 Å². The third-order valence-corrected chi connectivity index (χ3v) is 3.46. The maximum Gasteiger partial charge on any atom is 0.261 e.